The van der Waals surface area contributed by atoms with Crippen molar-refractivity contribution >= 4 is 11.1 Å². The van der Waals surface area contributed by atoms with Crippen LogP contribution in [0.3, 0.4) is 0 Å². The molecule has 0 radical (unpaired) electrons. The van der Waals surface area contributed by atoms with Gasteiger partial charge in [-0.2, -0.15) is 0 Å². The second kappa shape index (κ2) is 4.88. The highest BCUT2D eigenvalue weighted by atomic mass is 32.2. The number of benzene rings is 1. The predicted octanol–water partition coefficient (Wildman–Crippen LogP) is 2.15. The molecule has 16 heavy (non-hydrogen) atoms. The average Bonchev–Trinajstić information content (AvgIpc) is 2.23. The summed E-state index contributed by atoms with van der Waals surface area (Å²) in [6.45, 7) is 0. The Bertz CT molecular complexity index is 420. The highest BCUT2D eigenvalue weighted by Gasteiger charge is 2.25. The molecule has 8 heteroatoms. The van der Waals surface area contributed by atoms with Crippen LogP contribution in [-0.4, -0.2) is 14.5 Å². The van der Waals surface area contributed by atoms with Crippen LogP contribution in [-0.2, 0) is 17.5 Å². The van der Waals surface area contributed by atoms with Gasteiger partial charge in [0.2, 0.25) is 5.82 Å². The Kier molecular flexibility index (Phi) is 3.98. The normalized spacial score (nSPS) is 12.9. The zero-order chi connectivity index (χ0) is 12.5. The van der Waals surface area contributed by atoms with E-state index in [1.54, 1.807) is 0 Å². The quantitative estimate of drug-likeness (QED) is 0.391. The molecular formula is C8H5F5O2S. The van der Waals surface area contributed by atoms with Crippen molar-refractivity contribution in [3.8, 4) is 0 Å². The number of hydrogen-bond donors (Lipinski definition) is 1. The van der Waals surface area contributed by atoms with Gasteiger partial charge in [-0.3, -0.25) is 0 Å². The van der Waals surface area contributed by atoms with E-state index in [4.69, 9.17) is 4.55 Å². The molecule has 1 rings (SSSR count). The maximum atomic E-state index is 13.0. The van der Waals surface area contributed by atoms with Crippen LogP contribution in [0.15, 0.2) is 0 Å². The van der Waals surface area contributed by atoms with Crippen molar-refractivity contribution in [2.24, 2.45) is 0 Å². The standard InChI is InChI=1S/C8H5F5O2S/c9-4-3(1-2-16(14)15)5(10)7(12)8(13)6(4)11/h1-2H2,(H,14,15). The van der Waals surface area contributed by atoms with Gasteiger partial charge in [0.15, 0.2) is 34.3 Å². The lowest BCUT2D eigenvalue weighted by molar-refractivity contribution is 0.370. The molecule has 1 aromatic carbocycles. The summed E-state index contributed by atoms with van der Waals surface area (Å²) in [5.74, 6) is -10.9. The summed E-state index contributed by atoms with van der Waals surface area (Å²) in [6, 6.07) is 0. The molecule has 1 unspecified atom stereocenters. The highest BCUT2D eigenvalue weighted by Crippen LogP contribution is 2.23. The van der Waals surface area contributed by atoms with Crippen molar-refractivity contribution in [2.75, 3.05) is 5.75 Å². The van der Waals surface area contributed by atoms with Crippen molar-refractivity contribution in [3.05, 3.63) is 34.6 Å². The van der Waals surface area contributed by atoms with Crippen molar-refractivity contribution < 1.29 is 30.7 Å². The lowest BCUT2D eigenvalue weighted by atomic mass is 10.1. The van der Waals surface area contributed by atoms with E-state index in [2.05, 4.69) is 0 Å². The third kappa shape index (κ3) is 2.38. The molecule has 1 atom stereocenters. The molecule has 0 aliphatic carbocycles. The molecule has 1 N–H and O–H groups in total. The van der Waals surface area contributed by atoms with Crippen LogP contribution in [0.25, 0.3) is 0 Å². The zero-order valence-electron chi connectivity index (χ0n) is 7.57. The molecule has 0 heterocycles. The lowest BCUT2D eigenvalue weighted by Crippen LogP contribution is -2.10. The summed E-state index contributed by atoms with van der Waals surface area (Å²) in [5.41, 5.74) is -1.08. The first-order chi connectivity index (χ1) is 7.36. The van der Waals surface area contributed by atoms with Gasteiger partial charge in [0.1, 0.15) is 0 Å². The molecule has 0 aromatic heterocycles. The fourth-order valence-electron chi connectivity index (χ4n) is 1.06. The van der Waals surface area contributed by atoms with E-state index in [9.17, 15) is 26.2 Å². The zero-order valence-corrected chi connectivity index (χ0v) is 8.38. The SMILES string of the molecule is O=S(O)CCc1c(F)c(F)c(F)c(F)c1F. The molecule has 90 valence electrons. The van der Waals surface area contributed by atoms with Crippen LogP contribution in [0, 0.1) is 29.1 Å². The monoisotopic (exact) mass is 260 g/mol. The van der Waals surface area contributed by atoms with Crippen LogP contribution >= 0.6 is 0 Å². The lowest BCUT2D eigenvalue weighted by Gasteiger charge is -2.06. The minimum Gasteiger partial charge on any atom is -0.306 e. The van der Waals surface area contributed by atoms with E-state index >= 15 is 0 Å². The summed E-state index contributed by atoms with van der Waals surface area (Å²) >= 11 is -2.37. The third-order valence-corrected chi connectivity index (χ3v) is 2.38. The van der Waals surface area contributed by atoms with Crippen molar-refractivity contribution in [1.29, 1.82) is 0 Å². The van der Waals surface area contributed by atoms with Gasteiger partial charge >= 0.3 is 0 Å². The topological polar surface area (TPSA) is 37.3 Å². The predicted molar refractivity (Wildman–Crippen MR) is 45.6 cm³/mol. The fraction of sp³-hybridized carbons (Fsp3) is 0.250. The fourth-order valence-corrected chi connectivity index (χ4v) is 1.44. The minimum atomic E-state index is -2.37. The summed E-state index contributed by atoms with van der Waals surface area (Å²) in [4.78, 5) is 0. The molecule has 0 fully saturated rings. The summed E-state index contributed by atoms with van der Waals surface area (Å²) in [6.07, 6.45) is -0.713. The average molecular weight is 260 g/mol. The first-order valence-corrected chi connectivity index (χ1v) is 5.21. The van der Waals surface area contributed by atoms with Crippen LogP contribution in [0.5, 0.6) is 0 Å². The second-order valence-corrected chi connectivity index (χ2v) is 3.88. The molecule has 0 saturated carbocycles. The molecule has 2 nitrogen and oxygen atoms in total. The van der Waals surface area contributed by atoms with Crippen molar-refractivity contribution in [1.82, 2.24) is 0 Å². The highest BCUT2D eigenvalue weighted by molar-refractivity contribution is 7.79. The van der Waals surface area contributed by atoms with Crippen molar-refractivity contribution in [3.63, 3.8) is 0 Å². The molecule has 0 aliphatic rings. The molecule has 0 spiro atoms. The van der Waals surface area contributed by atoms with E-state index in [1.165, 1.54) is 0 Å². The molecular weight excluding hydrogens is 255 g/mol. The maximum absolute atomic E-state index is 13.0. The summed E-state index contributed by atoms with van der Waals surface area (Å²) in [5, 5.41) is 0. The van der Waals surface area contributed by atoms with Crippen LogP contribution in [0.4, 0.5) is 22.0 Å². The molecule has 0 amide bonds. The Morgan fingerprint density at radius 2 is 1.25 bits per heavy atom. The van der Waals surface area contributed by atoms with E-state index in [0.717, 1.165) is 0 Å². The van der Waals surface area contributed by atoms with Gasteiger partial charge in [-0.05, 0) is 6.42 Å². The largest absolute Gasteiger partial charge is 0.306 e. The Hall–Kier alpha value is -1.02. The molecule has 0 saturated heterocycles. The Balaban J connectivity index is 3.23. The number of rotatable bonds is 3. The molecule has 1 aromatic rings. The van der Waals surface area contributed by atoms with Gasteiger partial charge < -0.3 is 4.55 Å². The van der Waals surface area contributed by atoms with Crippen molar-refractivity contribution in [2.45, 2.75) is 6.42 Å². The first kappa shape index (κ1) is 13.0. The Morgan fingerprint density at radius 1 is 0.875 bits per heavy atom. The van der Waals surface area contributed by atoms with E-state index in [0.29, 0.717) is 0 Å². The molecule has 0 aliphatic heterocycles. The van der Waals surface area contributed by atoms with Gasteiger partial charge in [-0.1, -0.05) is 0 Å². The van der Waals surface area contributed by atoms with Crippen LogP contribution < -0.4 is 0 Å². The Labute approximate surface area is 89.4 Å². The number of hydrogen-bond acceptors (Lipinski definition) is 1. The Morgan fingerprint density at radius 3 is 1.62 bits per heavy atom. The maximum Gasteiger partial charge on any atom is 0.200 e. The van der Waals surface area contributed by atoms with Gasteiger partial charge in [0, 0.05) is 5.56 Å². The van der Waals surface area contributed by atoms with Gasteiger partial charge in [0.25, 0.3) is 0 Å². The van der Waals surface area contributed by atoms with Gasteiger partial charge in [0.05, 0.1) is 5.75 Å². The number of halogens is 5. The van der Waals surface area contributed by atoms with Crippen LogP contribution in [0.1, 0.15) is 5.56 Å². The second-order valence-electron chi connectivity index (χ2n) is 2.82. The van der Waals surface area contributed by atoms with Crippen LogP contribution in [0.2, 0.25) is 0 Å². The van der Waals surface area contributed by atoms with Gasteiger partial charge in [-0.15, -0.1) is 0 Å². The van der Waals surface area contributed by atoms with Gasteiger partial charge in [-0.25, -0.2) is 26.2 Å². The molecule has 0 bridgehead atoms. The smallest absolute Gasteiger partial charge is 0.200 e. The summed E-state index contributed by atoms with van der Waals surface area (Å²) in [7, 11) is 0. The van der Waals surface area contributed by atoms with E-state index in [-0.39, 0.29) is 0 Å². The minimum absolute atomic E-state index is 0.613. The van der Waals surface area contributed by atoms with E-state index < -0.39 is 57.9 Å². The first-order valence-electron chi connectivity index (χ1n) is 3.94. The van der Waals surface area contributed by atoms with E-state index in [1.807, 2.05) is 0 Å². The third-order valence-electron chi connectivity index (χ3n) is 1.83. The summed E-state index contributed by atoms with van der Waals surface area (Å²) < 4.78 is 82.3.